The Hall–Kier alpha value is -2.04. The summed E-state index contributed by atoms with van der Waals surface area (Å²) < 4.78 is 0. The minimum absolute atomic E-state index is 0.134. The van der Waals surface area contributed by atoms with Crippen LogP contribution in [0.25, 0.3) is 0 Å². The summed E-state index contributed by atoms with van der Waals surface area (Å²) in [5, 5.41) is 3.63. The number of nitrogens with zero attached hydrogens (tertiary/aromatic N) is 1. The van der Waals surface area contributed by atoms with Gasteiger partial charge in [-0.25, -0.2) is 0 Å². The number of benzene rings is 2. The van der Waals surface area contributed by atoms with Crippen molar-refractivity contribution in [3.63, 3.8) is 0 Å². The number of hydrogen-bond acceptors (Lipinski definition) is 2. The monoisotopic (exact) mass is 376 g/mol. The summed E-state index contributed by atoms with van der Waals surface area (Å²) in [5.41, 5.74) is 3.43. The van der Waals surface area contributed by atoms with Crippen LogP contribution in [-0.2, 0) is 9.59 Å². The predicted octanol–water partition coefficient (Wildman–Crippen LogP) is 4.60. The van der Waals surface area contributed by atoms with Gasteiger partial charge in [0, 0.05) is 18.7 Å². The van der Waals surface area contributed by atoms with Crippen LogP contribution in [0.15, 0.2) is 36.4 Å². The quantitative estimate of drug-likeness (QED) is 0.850. The molecule has 3 rings (SSSR count). The highest BCUT2D eigenvalue weighted by Crippen LogP contribution is 2.36. The van der Waals surface area contributed by atoms with E-state index in [0.29, 0.717) is 15.7 Å². The molecule has 2 amide bonds. The van der Waals surface area contributed by atoms with Crippen molar-refractivity contribution in [1.82, 2.24) is 0 Å². The average molecular weight is 377 g/mol. The van der Waals surface area contributed by atoms with Gasteiger partial charge in [0.25, 0.3) is 0 Å². The van der Waals surface area contributed by atoms with Gasteiger partial charge in [-0.1, -0.05) is 47.0 Å². The maximum absolute atomic E-state index is 12.6. The van der Waals surface area contributed by atoms with Crippen LogP contribution < -0.4 is 10.2 Å². The predicted molar refractivity (Wildman–Crippen MR) is 101 cm³/mol. The Morgan fingerprint density at radius 2 is 1.96 bits per heavy atom. The van der Waals surface area contributed by atoms with E-state index in [0.717, 1.165) is 16.8 Å². The second kappa shape index (κ2) is 7.06. The van der Waals surface area contributed by atoms with Crippen LogP contribution in [-0.4, -0.2) is 18.4 Å². The molecule has 0 bridgehead atoms. The number of carbonyl (C=O) groups excluding carboxylic acids is 2. The molecule has 1 aliphatic rings. The third kappa shape index (κ3) is 3.65. The molecule has 1 heterocycles. The van der Waals surface area contributed by atoms with Crippen LogP contribution in [0.5, 0.6) is 0 Å². The molecule has 0 unspecified atom stereocenters. The van der Waals surface area contributed by atoms with Gasteiger partial charge in [0.1, 0.15) is 0 Å². The summed E-state index contributed by atoms with van der Waals surface area (Å²) >= 11 is 12.2. The molecule has 0 aromatic heterocycles. The number of carbonyl (C=O) groups is 2. The Morgan fingerprint density at radius 1 is 1.20 bits per heavy atom. The zero-order valence-electron chi connectivity index (χ0n) is 14.0. The van der Waals surface area contributed by atoms with E-state index >= 15 is 0 Å². The lowest BCUT2D eigenvalue weighted by atomic mass is 10.1. The molecule has 25 heavy (non-hydrogen) atoms. The lowest BCUT2D eigenvalue weighted by Crippen LogP contribution is -2.28. The van der Waals surface area contributed by atoms with E-state index in [1.54, 1.807) is 18.2 Å². The fourth-order valence-electron chi connectivity index (χ4n) is 3.01. The van der Waals surface area contributed by atoms with Gasteiger partial charge in [-0.15, -0.1) is 0 Å². The van der Waals surface area contributed by atoms with Crippen LogP contribution in [0, 0.1) is 19.8 Å². The van der Waals surface area contributed by atoms with Gasteiger partial charge >= 0.3 is 0 Å². The first-order chi connectivity index (χ1) is 11.9. The van der Waals surface area contributed by atoms with Crippen molar-refractivity contribution in [3.05, 3.63) is 57.6 Å². The highest BCUT2D eigenvalue weighted by molar-refractivity contribution is 6.44. The van der Waals surface area contributed by atoms with E-state index in [9.17, 15) is 9.59 Å². The van der Waals surface area contributed by atoms with E-state index in [2.05, 4.69) is 5.32 Å². The Labute approximate surface area is 156 Å². The largest absolute Gasteiger partial charge is 0.326 e. The molecule has 0 spiro atoms. The molecule has 1 atom stereocenters. The zero-order chi connectivity index (χ0) is 18.1. The third-order valence-electron chi connectivity index (χ3n) is 4.36. The Kier molecular flexibility index (Phi) is 5.02. The number of amides is 2. The second-order valence-electron chi connectivity index (χ2n) is 6.29. The molecule has 130 valence electrons. The summed E-state index contributed by atoms with van der Waals surface area (Å²) in [4.78, 5) is 26.5. The van der Waals surface area contributed by atoms with Crippen molar-refractivity contribution in [3.8, 4) is 0 Å². The van der Waals surface area contributed by atoms with Crippen molar-refractivity contribution < 1.29 is 9.59 Å². The number of hydrogen-bond donors (Lipinski definition) is 1. The maximum atomic E-state index is 12.6. The van der Waals surface area contributed by atoms with Crippen LogP contribution >= 0.6 is 23.2 Å². The molecule has 1 N–H and O–H groups in total. The number of nitrogens with one attached hydrogen (secondary N) is 1. The van der Waals surface area contributed by atoms with E-state index in [4.69, 9.17) is 23.2 Å². The number of anilines is 2. The Bertz CT molecular complexity index is 851. The topological polar surface area (TPSA) is 49.4 Å². The molecule has 2 aromatic carbocycles. The van der Waals surface area contributed by atoms with Gasteiger partial charge in [0.2, 0.25) is 11.8 Å². The van der Waals surface area contributed by atoms with Crippen molar-refractivity contribution in [2.75, 3.05) is 16.8 Å². The summed E-state index contributed by atoms with van der Waals surface area (Å²) in [6.45, 7) is 4.23. The number of rotatable bonds is 3. The molecular formula is C19H18Cl2N2O2. The summed E-state index contributed by atoms with van der Waals surface area (Å²) in [6, 6.07) is 11.0. The summed E-state index contributed by atoms with van der Waals surface area (Å²) in [7, 11) is 0. The minimum Gasteiger partial charge on any atom is -0.326 e. The molecular weight excluding hydrogens is 359 g/mol. The van der Waals surface area contributed by atoms with Crippen LogP contribution in [0.3, 0.4) is 0 Å². The van der Waals surface area contributed by atoms with Crippen molar-refractivity contribution in [2.24, 2.45) is 5.92 Å². The third-order valence-corrected chi connectivity index (χ3v) is 5.17. The Morgan fingerprint density at radius 3 is 2.68 bits per heavy atom. The van der Waals surface area contributed by atoms with Crippen molar-refractivity contribution >= 4 is 46.4 Å². The summed E-state index contributed by atoms with van der Waals surface area (Å²) in [5.74, 6) is -0.728. The van der Waals surface area contributed by atoms with Gasteiger partial charge in [-0.3, -0.25) is 9.59 Å². The molecule has 1 saturated heterocycles. The molecule has 1 aliphatic heterocycles. The van der Waals surface area contributed by atoms with Gasteiger partial charge < -0.3 is 10.2 Å². The Balaban J connectivity index is 1.75. The van der Waals surface area contributed by atoms with Crippen molar-refractivity contribution in [2.45, 2.75) is 20.3 Å². The lowest BCUT2D eigenvalue weighted by Gasteiger charge is -2.19. The first-order valence-corrected chi connectivity index (χ1v) is 8.75. The zero-order valence-corrected chi connectivity index (χ0v) is 15.5. The number of halogens is 2. The van der Waals surface area contributed by atoms with E-state index in [1.807, 2.05) is 32.0 Å². The van der Waals surface area contributed by atoms with Gasteiger partial charge in [-0.2, -0.15) is 0 Å². The van der Waals surface area contributed by atoms with Crippen LogP contribution in [0.2, 0.25) is 10.0 Å². The highest BCUT2D eigenvalue weighted by atomic mass is 35.5. The van der Waals surface area contributed by atoms with Crippen LogP contribution in [0.4, 0.5) is 11.4 Å². The fraction of sp³-hybridized carbons (Fsp3) is 0.263. The van der Waals surface area contributed by atoms with Gasteiger partial charge in [0.05, 0.1) is 21.7 Å². The smallest absolute Gasteiger partial charge is 0.229 e. The molecule has 0 radical (unpaired) electrons. The molecule has 1 fully saturated rings. The molecule has 0 saturated carbocycles. The van der Waals surface area contributed by atoms with Crippen molar-refractivity contribution in [1.29, 1.82) is 0 Å². The van der Waals surface area contributed by atoms with E-state index in [-0.39, 0.29) is 24.8 Å². The maximum Gasteiger partial charge on any atom is 0.229 e. The molecule has 2 aromatic rings. The first-order valence-electron chi connectivity index (χ1n) is 7.99. The minimum atomic E-state index is -0.428. The SMILES string of the molecule is Cc1ccc(NC(=O)[C@H]2CC(=O)N(c3cccc(Cl)c3Cl)C2)c(C)c1. The highest BCUT2D eigenvalue weighted by Gasteiger charge is 2.36. The molecule has 4 nitrogen and oxygen atoms in total. The average Bonchev–Trinajstić information content (AvgIpc) is 2.94. The normalized spacial score (nSPS) is 17.0. The lowest BCUT2D eigenvalue weighted by molar-refractivity contribution is -0.122. The summed E-state index contributed by atoms with van der Waals surface area (Å²) in [6.07, 6.45) is 0.152. The van der Waals surface area contributed by atoms with Crippen LogP contribution in [0.1, 0.15) is 17.5 Å². The van der Waals surface area contributed by atoms with Gasteiger partial charge in [-0.05, 0) is 37.6 Å². The van der Waals surface area contributed by atoms with E-state index < -0.39 is 5.92 Å². The number of aryl methyl sites for hydroxylation is 2. The van der Waals surface area contributed by atoms with E-state index in [1.165, 1.54) is 4.90 Å². The van der Waals surface area contributed by atoms with Gasteiger partial charge in [0.15, 0.2) is 0 Å². The second-order valence-corrected chi connectivity index (χ2v) is 7.07. The molecule has 0 aliphatic carbocycles. The standard InChI is InChI=1S/C19H18Cl2N2O2/c1-11-6-7-15(12(2)8-11)22-19(25)13-9-17(24)23(10-13)16-5-3-4-14(20)18(16)21/h3-8,13H,9-10H2,1-2H3,(H,22,25)/t13-/m0/s1. The first kappa shape index (κ1) is 17.8. The molecule has 6 heteroatoms. The fourth-order valence-corrected chi connectivity index (χ4v) is 3.40.